The van der Waals surface area contributed by atoms with E-state index in [0.29, 0.717) is 33.2 Å². The molecule has 0 aromatic heterocycles. The smallest absolute Gasteiger partial charge is 0.416 e. The van der Waals surface area contributed by atoms with E-state index in [1.165, 1.54) is 38.1 Å². The zero-order valence-electron chi connectivity index (χ0n) is 21.5. The molecule has 1 unspecified atom stereocenters. The van der Waals surface area contributed by atoms with Crippen LogP contribution in [0.2, 0.25) is 0 Å². The van der Waals surface area contributed by atoms with E-state index < -0.39 is 22.9 Å². The van der Waals surface area contributed by atoms with Crippen molar-refractivity contribution in [1.82, 2.24) is 0 Å². The Morgan fingerprint density at radius 3 is 2.10 bits per heavy atom. The topological polar surface area (TPSA) is 76.7 Å². The summed E-state index contributed by atoms with van der Waals surface area (Å²) in [6, 6.07) is 25.2. The number of thioether (sulfide) groups is 1. The molecular weight excluding hydrogens is 541 g/mol. The molecule has 0 fully saturated rings. The van der Waals surface area contributed by atoms with E-state index in [4.69, 9.17) is 9.47 Å². The van der Waals surface area contributed by atoms with Gasteiger partial charge in [-0.25, -0.2) is 0 Å². The number of hydrogen-bond acceptors (Lipinski definition) is 5. The Morgan fingerprint density at radius 2 is 1.43 bits per heavy atom. The summed E-state index contributed by atoms with van der Waals surface area (Å²) in [5.41, 5.74) is 0.703. The summed E-state index contributed by atoms with van der Waals surface area (Å²) in [7, 11) is 2.98. The molecule has 2 N–H and O–H groups in total. The third-order valence-electron chi connectivity index (χ3n) is 5.79. The summed E-state index contributed by atoms with van der Waals surface area (Å²) in [5.74, 6) is 0.0463. The molecule has 4 aromatic carbocycles. The summed E-state index contributed by atoms with van der Waals surface area (Å²) in [6.45, 7) is 0. The number of carbonyl (C=O) groups excluding carboxylic acids is 2. The molecule has 206 valence electrons. The van der Waals surface area contributed by atoms with Crippen molar-refractivity contribution < 1.29 is 32.2 Å². The first-order valence-corrected chi connectivity index (χ1v) is 12.9. The van der Waals surface area contributed by atoms with Crippen molar-refractivity contribution in [3.05, 3.63) is 114 Å². The number of halogens is 3. The first kappa shape index (κ1) is 28.6. The number of hydrogen-bond donors (Lipinski definition) is 2. The largest absolute Gasteiger partial charge is 0.493 e. The Labute approximate surface area is 233 Å². The predicted molar refractivity (Wildman–Crippen MR) is 149 cm³/mol. The van der Waals surface area contributed by atoms with Crippen LogP contribution in [0.1, 0.15) is 26.7 Å². The quantitative estimate of drug-likeness (QED) is 0.206. The summed E-state index contributed by atoms with van der Waals surface area (Å²) in [5, 5.41) is 4.66. The molecule has 0 aliphatic heterocycles. The first-order valence-electron chi connectivity index (χ1n) is 12.0. The van der Waals surface area contributed by atoms with Crippen molar-refractivity contribution in [2.24, 2.45) is 0 Å². The number of ether oxygens (including phenoxy) is 2. The van der Waals surface area contributed by atoms with Crippen molar-refractivity contribution in [1.29, 1.82) is 0 Å². The van der Waals surface area contributed by atoms with Gasteiger partial charge in [0.25, 0.3) is 5.91 Å². The van der Waals surface area contributed by atoms with Gasteiger partial charge >= 0.3 is 6.18 Å². The molecule has 0 bridgehead atoms. The summed E-state index contributed by atoms with van der Waals surface area (Å²) in [6.07, 6.45) is -4.53. The number of methoxy groups -OCH3 is 2. The lowest BCUT2D eigenvalue weighted by molar-refractivity contribution is -0.137. The van der Waals surface area contributed by atoms with Crippen LogP contribution < -0.4 is 20.1 Å². The minimum atomic E-state index is -4.53. The molecule has 0 saturated carbocycles. The Kier molecular flexibility index (Phi) is 9.00. The molecule has 0 radical (unpaired) electrons. The summed E-state index contributed by atoms with van der Waals surface area (Å²) in [4.78, 5) is 26.9. The second-order valence-corrected chi connectivity index (χ2v) is 9.71. The van der Waals surface area contributed by atoms with E-state index in [2.05, 4.69) is 10.6 Å². The first-order chi connectivity index (χ1) is 19.2. The highest BCUT2D eigenvalue weighted by Gasteiger charge is 2.31. The van der Waals surface area contributed by atoms with Gasteiger partial charge in [0, 0.05) is 21.8 Å². The van der Waals surface area contributed by atoms with Gasteiger partial charge < -0.3 is 20.1 Å². The second kappa shape index (κ2) is 12.6. The van der Waals surface area contributed by atoms with Crippen LogP contribution >= 0.6 is 11.8 Å². The van der Waals surface area contributed by atoms with Crippen LogP contribution in [0.3, 0.4) is 0 Å². The average Bonchev–Trinajstić information content (AvgIpc) is 2.95. The van der Waals surface area contributed by atoms with Crippen LogP contribution in [0.15, 0.2) is 102 Å². The molecule has 4 aromatic rings. The van der Waals surface area contributed by atoms with Gasteiger partial charge in [-0.1, -0.05) is 42.5 Å². The minimum Gasteiger partial charge on any atom is -0.493 e. The SMILES string of the molecule is COc1ccc(C(=O)Nc2cccc(SC(C(=O)Nc3cccc(C(F)(F)F)c3)c3ccccc3)c2)cc1OC. The number of benzene rings is 4. The van der Waals surface area contributed by atoms with Crippen molar-refractivity contribution in [2.75, 3.05) is 24.9 Å². The summed E-state index contributed by atoms with van der Waals surface area (Å²) < 4.78 is 50.0. The predicted octanol–water partition coefficient (Wildman–Crippen LogP) is 7.45. The standard InChI is InChI=1S/C30H25F3N2O4S/c1-38-25-15-14-20(16-26(25)39-2)28(36)34-23-12-7-13-24(18-23)40-27(19-8-4-3-5-9-19)29(37)35-22-11-6-10-21(17-22)30(31,32)33/h3-18,27H,1-2H3,(H,34,36)(H,35,37). The van der Waals surface area contributed by atoms with Gasteiger partial charge in [-0.15, -0.1) is 11.8 Å². The Hall–Kier alpha value is -4.44. The third kappa shape index (κ3) is 7.15. The second-order valence-electron chi connectivity index (χ2n) is 8.53. The molecule has 0 saturated heterocycles. The van der Waals surface area contributed by atoms with Crippen LogP contribution in [0.5, 0.6) is 11.5 Å². The fourth-order valence-electron chi connectivity index (χ4n) is 3.85. The van der Waals surface area contributed by atoms with E-state index >= 15 is 0 Å². The maximum Gasteiger partial charge on any atom is 0.416 e. The lowest BCUT2D eigenvalue weighted by Crippen LogP contribution is -2.19. The number of anilines is 2. The highest BCUT2D eigenvalue weighted by atomic mass is 32.2. The highest BCUT2D eigenvalue weighted by molar-refractivity contribution is 8.00. The summed E-state index contributed by atoms with van der Waals surface area (Å²) >= 11 is 1.20. The molecule has 0 spiro atoms. The fraction of sp³-hybridized carbons (Fsp3) is 0.133. The van der Waals surface area contributed by atoms with Crippen LogP contribution in [0.25, 0.3) is 0 Å². The average molecular weight is 567 g/mol. The zero-order chi connectivity index (χ0) is 28.7. The van der Waals surface area contributed by atoms with Crippen LogP contribution in [0, 0.1) is 0 Å². The molecule has 0 aliphatic carbocycles. The molecule has 0 heterocycles. The van der Waals surface area contributed by atoms with Crippen molar-refractivity contribution >= 4 is 35.0 Å². The Morgan fingerprint density at radius 1 is 0.750 bits per heavy atom. The van der Waals surface area contributed by atoms with E-state index in [1.54, 1.807) is 72.8 Å². The number of amides is 2. The van der Waals surface area contributed by atoms with Crippen molar-refractivity contribution in [2.45, 2.75) is 16.3 Å². The van der Waals surface area contributed by atoms with E-state index in [1.807, 2.05) is 0 Å². The maximum absolute atomic E-state index is 13.3. The molecule has 0 aliphatic rings. The molecule has 40 heavy (non-hydrogen) atoms. The van der Waals surface area contributed by atoms with E-state index in [-0.39, 0.29) is 11.6 Å². The Bertz CT molecular complexity index is 1500. The molecule has 4 rings (SSSR count). The van der Waals surface area contributed by atoms with Crippen LogP contribution in [-0.4, -0.2) is 26.0 Å². The van der Waals surface area contributed by atoms with Crippen LogP contribution in [0.4, 0.5) is 24.5 Å². The van der Waals surface area contributed by atoms with Crippen molar-refractivity contribution in [3.63, 3.8) is 0 Å². The van der Waals surface area contributed by atoms with Gasteiger partial charge in [-0.3, -0.25) is 9.59 Å². The number of rotatable bonds is 9. The number of alkyl halides is 3. The normalized spacial score (nSPS) is 11.8. The Balaban J connectivity index is 1.54. The van der Waals surface area contributed by atoms with Gasteiger partial charge in [0.05, 0.1) is 19.8 Å². The lowest BCUT2D eigenvalue weighted by atomic mass is 10.1. The lowest BCUT2D eigenvalue weighted by Gasteiger charge is -2.18. The number of carbonyl (C=O) groups is 2. The van der Waals surface area contributed by atoms with Gasteiger partial charge in [-0.05, 0) is 60.2 Å². The van der Waals surface area contributed by atoms with E-state index in [0.717, 1.165) is 12.1 Å². The third-order valence-corrected chi connectivity index (χ3v) is 7.04. The van der Waals surface area contributed by atoms with Gasteiger partial charge in [0.15, 0.2) is 11.5 Å². The molecular formula is C30H25F3N2O4S. The highest BCUT2D eigenvalue weighted by Crippen LogP contribution is 2.38. The molecule has 6 nitrogen and oxygen atoms in total. The molecule has 1 atom stereocenters. The van der Waals surface area contributed by atoms with E-state index in [9.17, 15) is 22.8 Å². The van der Waals surface area contributed by atoms with Gasteiger partial charge in [0.1, 0.15) is 5.25 Å². The van der Waals surface area contributed by atoms with Gasteiger partial charge in [-0.2, -0.15) is 13.2 Å². The zero-order valence-corrected chi connectivity index (χ0v) is 22.3. The fourth-order valence-corrected chi connectivity index (χ4v) is 4.93. The monoisotopic (exact) mass is 566 g/mol. The van der Waals surface area contributed by atoms with Crippen molar-refractivity contribution in [3.8, 4) is 11.5 Å². The minimum absolute atomic E-state index is 0.0392. The molecule has 2 amide bonds. The molecule has 10 heteroatoms. The van der Waals surface area contributed by atoms with Gasteiger partial charge in [0.2, 0.25) is 5.91 Å². The maximum atomic E-state index is 13.3. The van der Waals surface area contributed by atoms with Crippen LogP contribution in [-0.2, 0) is 11.0 Å². The number of nitrogens with one attached hydrogen (secondary N) is 2.